The van der Waals surface area contributed by atoms with Crippen LogP contribution in [0.2, 0.25) is 0 Å². The van der Waals surface area contributed by atoms with Crippen molar-refractivity contribution in [1.82, 2.24) is 5.32 Å². The maximum absolute atomic E-state index is 12.4. The van der Waals surface area contributed by atoms with Crippen molar-refractivity contribution >= 4 is 29.4 Å². The Morgan fingerprint density at radius 3 is 2.29 bits per heavy atom. The summed E-state index contributed by atoms with van der Waals surface area (Å²) in [5.41, 5.74) is 0.876. The minimum atomic E-state index is -0.816. The van der Waals surface area contributed by atoms with E-state index < -0.39 is 12.0 Å². The van der Waals surface area contributed by atoms with Gasteiger partial charge in [0.15, 0.2) is 12.4 Å². The number of methoxy groups -OCH3 is 1. The van der Waals surface area contributed by atoms with E-state index in [1.165, 1.54) is 7.11 Å². The average molecular weight is 401 g/mol. The smallest absolute Gasteiger partial charge is 0.329 e. The zero-order valence-corrected chi connectivity index (χ0v) is 16.7. The predicted molar refractivity (Wildman–Crippen MR) is 109 cm³/mol. The zero-order valence-electron chi connectivity index (χ0n) is 15.8. The molecule has 0 saturated carbocycles. The fourth-order valence-electron chi connectivity index (χ4n) is 2.41. The average Bonchev–Trinajstić information content (AvgIpc) is 2.75. The molecule has 148 valence electrons. The number of carbonyl (C=O) groups is 3. The van der Waals surface area contributed by atoms with Gasteiger partial charge in [-0.2, -0.15) is 11.8 Å². The van der Waals surface area contributed by atoms with E-state index in [1.807, 2.05) is 6.26 Å². The molecule has 0 aromatic heterocycles. The summed E-state index contributed by atoms with van der Waals surface area (Å²) in [5.74, 6) is -0.00464. The summed E-state index contributed by atoms with van der Waals surface area (Å²) >= 11 is 1.56. The quantitative estimate of drug-likeness (QED) is 0.487. The highest BCUT2D eigenvalue weighted by Crippen LogP contribution is 2.12. The molecular weight excluding hydrogens is 378 g/mol. The molecule has 2 aromatic rings. The van der Waals surface area contributed by atoms with Crippen LogP contribution in [0, 0.1) is 0 Å². The third-order valence-electron chi connectivity index (χ3n) is 3.99. The monoisotopic (exact) mass is 401 g/mol. The molecule has 6 nitrogen and oxygen atoms in total. The number of benzene rings is 2. The van der Waals surface area contributed by atoms with Crippen LogP contribution in [0.15, 0.2) is 54.6 Å². The van der Waals surface area contributed by atoms with Gasteiger partial charge in [-0.25, -0.2) is 4.79 Å². The van der Waals surface area contributed by atoms with Crippen molar-refractivity contribution in [2.75, 3.05) is 25.7 Å². The Morgan fingerprint density at radius 1 is 1.00 bits per heavy atom. The van der Waals surface area contributed by atoms with Gasteiger partial charge in [-0.05, 0) is 54.8 Å². The molecule has 0 aliphatic rings. The van der Waals surface area contributed by atoms with Gasteiger partial charge in [-0.3, -0.25) is 9.59 Å². The summed E-state index contributed by atoms with van der Waals surface area (Å²) in [5, 5.41) is 2.69. The van der Waals surface area contributed by atoms with Crippen LogP contribution in [0.1, 0.15) is 27.1 Å². The van der Waals surface area contributed by atoms with E-state index in [-0.39, 0.29) is 18.3 Å². The molecular formula is C21H23NO5S. The first-order chi connectivity index (χ1) is 13.5. The molecule has 0 fully saturated rings. The topological polar surface area (TPSA) is 81.7 Å². The first-order valence-corrected chi connectivity index (χ1v) is 10.1. The predicted octanol–water partition coefficient (Wildman–Crippen LogP) is 2.97. The minimum absolute atomic E-state index is 0.325. The number of esters is 1. The number of amides is 1. The van der Waals surface area contributed by atoms with Crippen LogP contribution in [0.4, 0.5) is 0 Å². The van der Waals surface area contributed by atoms with E-state index in [4.69, 9.17) is 9.47 Å². The Kier molecular flexibility index (Phi) is 8.55. The number of Topliss-reactive ketones (excluding diaryl/α,β-unsaturated/α-hetero) is 1. The van der Waals surface area contributed by atoms with Gasteiger partial charge in [0, 0.05) is 11.1 Å². The van der Waals surface area contributed by atoms with Gasteiger partial charge in [-0.15, -0.1) is 0 Å². The lowest BCUT2D eigenvalue weighted by molar-refractivity contribution is -0.144. The first-order valence-electron chi connectivity index (χ1n) is 8.74. The lowest BCUT2D eigenvalue weighted by Crippen LogP contribution is -2.42. The fraction of sp³-hybridized carbons (Fsp3) is 0.286. The SMILES string of the molecule is COc1ccc(C(=O)COC(=O)C(CCSC)NC(=O)c2ccccc2)cc1. The van der Waals surface area contributed by atoms with Crippen molar-refractivity contribution in [3.8, 4) is 5.75 Å². The van der Waals surface area contributed by atoms with Gasteiger partial charge < -0.3 is 14.8 Å². The molecule has 1 N–H and O–H groups in total. The summed E-state index contributed by atoms with van der Waals surface area (Å²) < 4.78 is 10.2. The molecule has 1 unspecified atom stereocenters. The van der Waals surface area contributed by atoms with E-state index >= 15 is 0 Å². The molecule has 0 saturated heterocycles. The van der Waals surface area contributed by atoms with Gasteiger partial charge >= 0.3 is 5.97 Å². The van der Waals surface area contributed by atoms with E-state index in [1.54, 1.807) is 66.4 Å². The van der Waals surface area contributed by atoms with Crippen LogP contribution in [0.5, 0.6) is 5.75 Å². The van der Waals surface area contributed by atoms with Gasteiger partial charge in [0.05, 0.1) is 7.11 Å². The first kappa shape index (κ1) is 21.5. The summed E-state index contributed by atoms with van der Waals surface area (Å²) in [4.78, 5) is 37.0. The standard InChI is InChI=1S/C21H23NO5S/c1-26-17-10-8-15(9-11-17)19(23)14-27-21(25)18(12-13-28-2)22-20(24)16-6-4-3-5-7-16/h3-11,18H,12-14H2,1-2H3,(H,22,24). The molecule has 0 aliphatic heterocycles. The third kappa shape index (κ3) is 6.42. The zero-order chi connectivity index (χ0) is 20.4. The van der Waals surface area contributed by atoms with E-state index in [0.29, 0.717) is 29.1 Å². The molecule has 7 heteroatoms. The number of rotatable bonds is 10. The van der Waals surface area contributed by atoms with Crippen molar-refractivity contribution in [1.29, 1.82) is 0 Å². The van der Waals surface area contributed by atoms with Crippen molar-refractivity contribution in [2.45, 2.75) is 12.5 Å². The van der Waals surface area contributed by atoms with Gasteiger partial charge in [0.25, 0.3) is 5.91 Å². The Bertz CT molecular complexity index is 792. The van der Waals surface area contributed by atoms with Gasteiger partial charge in [0.1, 0.15) is 11.8 Å². The Hall–Kier alpha value is -2.80. The number of thioether (sulfide) groups is 1. The molecule has 1 amide bonds. The number of ether oxygens (including phenoxy) is 2. The van der Waals surface area contributed by atoms with Gasteiger partial charge in [0.2, 0.25) is 0 Å². The van der Waals surface area contributed by atoms with Crippen LogP contribution >= 0.6 is 11.8 Å². The second-order valence-electron chi connectivity index (χ2n) is 5.93. The maximum atomic E-state index is 12.4. The normalized spacial score (nSPS) is 11.4. The molecule has 0 spiro atoms. The summed E-state index contributed by atoms with van der Waals surface area (Å²) in [7, 11) is 1.54. The molecule has 2 rings (SSSR count). The largest absolute Gasteiger partial charge is 0.497 e. The van der Waals surface area contributed by atoms with Crippen molar-refractivity contribution < 1.29 is 23.9 Å². The molecule has 0 radical (unpaired) electrons. The molecule has 0 aliphatic carbocycles. The lowest BCUT2D eigenvalue weighted by Gasteiger charge is -2.17. The molecule has 1 atom stereocenters. The van der Waals surface area contributed by atoms with Crippen molar-refractivity contribution in [3.63, 3.8) is 0 Å². The number of hydrogen-bond acceptors (Lipinski definition) is 6. The third-order valence-corrected chi connectivity index (χ3v) is 4.64. The number of hydrogen-bond donors (Lipinski definition) is 1. The highest BCUT2D eigenvalue weighted by Gasteiger charge is 2.23. The second-order valence-corrected chi connectivity index (χ2v) is 6.92. The minimum Gasteiger partial charge on any atom is -0.497 e. The molecule has 2 aromatic carbocycles. The van der Waals surface area contributed by atoms with Crippen LogP contribution in [0.3, 0.4) is 0 Å². The van der Waals surface area contributed by atoms with Crippen LogP contribution in [-0.2, 0) is 9.53 Å². The highest BCUT2D eigenvalue weighted by atomic mass is 32.2. The van der Waals surface area contributed by atoms with E-state index in [2.05, 4.69) is 5.32 Å². The molecule has 0 heterocycles. The van der Waals surface area contributed by atoms with Crippen LogP contribution in [-0.4, -0.2) is 49.4 Å². The van der Waals surface area contributed by atoms with Crippen molar-refractivity contribution in [2.24, 2.45) is 0 Å². The molecule has 28 heavy (non-hydrogen) atoms. The van der Waals surface area contributed by atoms with Gasteiger partial charge in [-0.1, -0.05) is 18.2 Å². The number of ketones is 1. The van der Waals surface area contributed by atoms with Crippen LogP contribution in [0.25, 0.3) is 0 Å². The maximum Gasteiger partial charge on any atom is 0.329 e. The van der Waals surface area contributed by atoms with Crippen LogP contribution < -0.4 is 10.1 Å². The second kappa shape index (κ2) is 11.1. The molecule has 0 bridgehead atoms. The van der Waals surface area contributed by atoms with E-state index in [0.717, 1.165) is 0 Å². The number of carbonyl (C=O) groups excluding carboxylic acids is 3. The Morgan fingerprint density at radius 2 is 1.68 bits per heavy atom. The fourth-order valence-corrected chi connectivity index (χ4v) is 2.88. The summed E-state index contributed by atoms with van der Waals surface area (Å²) in [6.07, 6.45) is 2.32. The Balaban J connectivity index is 1.95. The Labute approximate surface area is 168 Å². The highest BCUT2D eigenvalue weighted by molar-refractivity contribution is 7.98. The van der Waals surface area contributed by atoms with E-state index in [9.17, 15) is 14.4 Å². The van der Waals surface area contributed by atoms with Crippen molar-refractivity contribution in [3.05, 3.63) is 65.7 Å². The summed E-state index contributed by atoms with van der Waals surface area (Å²) in [6, 6.07) is 14.4. The lowest BCUT2D eigenvalue weighted by atomic mass is 10.1. The summed E-state index contributed by atoms with van der Waals surface area (Å²) in [6.45, 7) is -0.387. The number of nitrogens with one attached hydrogen (secondary N) is 1.